The van der Waals surface area contributed by atoms with Gasteiger partial charge in [-0.2, -0.15) is 0 Å². The summed E-state index contributed by atoms with van der Waals surface area (Å²) in [4.78, 5) is 9.86. The highest BCUT2D eigenvalue weighted by Crippen LogP contribution is 2.44. The number of rotatable bonds is 5. The third-order valence-electron chi connectivity index (χ3n) is 3.50. The molecule has 122 valence electrons. The highest BCUT2D eigenvalue weighted by atomic mass is 31.2. The maximum absolute atomic E-state index is 12.1. The number of benzene rings is 3. The molecule has 3 aromatic carbocycles. The predicted octanol–water partition coefficient (Wildman–Crippen LogP) is 5.22. The molecule has 1 N–H and O–H groups in total. The van der Waals surface area contributed by atoms with Gasteiger partial charge >= 0.3 is 7.82 Å². The Hall–Kier alpha value is -2.55. The molecule has 0 aliphatic heterocycles. The van der Waals surface area contributed by atoms with Crippen molar-refractivity contribution in [3.63, 3.8) is 0 Å². The van der Waals surface area contributed by atoms with Gasteiger partial charge in [0.15, 0.2) is 0 Å². The van der Waals surface area contributed by atoms with Gasteiger partial charge in [0, 0.05) is 0 Å². The number of phosphoric ester groups is 1. The lowest BCUT2D eigenvalue weighted by molar-refractivity contribution is 0.291. The summed E-state index contributed by atoms with van der Waals surface area (Å²) in [5.74, 6) is 0.550. The molecule has 0 aromatic heterocycles. The lowest BCUT2D eigenvalue weighted by atomic mass is 10.0. The van der Waals surface area contributed by atoms with Crippen LogP contribution in [-0.4, -0.2) is 4.89 Å². The van der Waals surface area contributed by atoms with Crippen LogP contribution in [-0.2, 0) is 4.57 Å². The van der Waals surface area contributed by atoms with Gasteiger partial charge in [-0.05, 0) is 47.9 Å². The van der Waals surface area contributed by atoms with Crippen molar-refractivity contribution < 1.29 is 18.5 Å². The molecule has 0 fully saturated rings. The monoisotopic (exact) mass is 340 g/mol. The molecule has 0 radical (unpaired) electrons. The third-order valence-corrected chi connectivity index (χ3v) is 4.38. The van der Waals surface area contributed by atoms with Crippen LogP contribution in [0.3, 0.4) is 0 Å². The van der Waals surface area contributed by atoms with E-state index in [1.165, 1.54) is 0 Å². The second kappa shape index (κ2) is 6.91. The fourth-order valence-corrected chi connectivity index (χ4v) is 3.17. The molecular formula is C19H17O4P. The van der Waals surface area contributed by atoms with Crippen molar-refractivity contribution in [2.75, 3.05) is 0 Å². The zero-order valence-electron chi connectivity index (χ0n) is 13.1. The molecule has 24 heavy (non-hydrogen) atoms. The van der Waals surface area contributed by atoms with Gasteiger partial charge in [0.2, 0.25) is 0 Å². The Balaban J connectivity index is 1.74. The van der Waals surface area contributed by atoms with Crippen molar-refractivity contribution >= 4 is 7.82 Å². The van der Waals surface area contributed by atoms with E-state index in [4.69, 9.17) is 9.05 Å². The molecule has 1 atom stereocenters. The van der Waals surface area contributed by atoms with Gasteiger partial charge in [-0.15, -0.1) is 0 Å². The van der Waals surface area contributed by atoms with Gasteiger partial charge in [-0.3, -0.25) is 4.89 Å². The summed E-state index contributed by atoms with van der Waals surface area (Å²) < 4.78 is 22.2. The smallest absolute Gasteiger partial charge is 0.395 e. The SMILES string of the molecule is Cc1ccccc1-c1ccc(OP(=O)(O)Oc2ccccc2)cc1. The molecular weight excluding hydrogens is 323 g/mol. The van der Waals surface area contributed by atoms with Crippen molar-refractivity contribution in [1.82, 2.24) is 0 Å². The molecule has 0 saturated carbocycles. The van der Waals surface area contributed by atoms with E-state index in [1.807, 2.05) is 43.3 Å². The largest absolute Gasteiger partial charge is 0.584 e. The maximum atomic E-state index is 12.1. The summed E-state index contributed by atoms with van der Waals surface area (Å²) in [6.07, 6.45) is 0. The molecule has 4 nitrogen and oxygen atoms in total. The van der Waals surface area contributed by atoms with E-state index in [1.54, 1.807) is 42.5 Å². The maximum Gasteiger partial charge on any atom is 0.584 e. The third kappa shape index (κ3) is 4.05. The summed E-state index contributed by atoms with van der Waals surface area (Å²) in [5, 5.41) is 0. The van der Waals surface area contributed by atoms with Gasteiger partial charge in [-0.1, -0.05) is 54.6 Å². The summed E-state index contributed by atoms with van der Waals surface area (Å²) in [7, 11) is -4.23. The summed E-state index contributed by atoms with van der Waals surface area (Å²) in [6, 6.07) is 23.4. The first-order valence-corrected chi connectivity index (χ1v) is 8.96. The summed E-state index contributed by atoms with van der Waals surface area (Å²) in [6.45, 7) is 2.04. The molecule has 0 spiro atoms. The Morgan fingerprint density at radius 2 is 1.29 bits per heavy atom. The van der Waals surface area contributed by atoms with E-state index in [0.29, 0.717) is 0 Å². The Morgan fingerprint density at radius 1 is 0.750 bits per heavy atom. The normalized spacial score (nSPS) is 13.1. The molecule has 3 aromatic rings. The van der Waals surface area contributed by atoms with Gasteiger partial charge < -0.3 is 9.05 Å². The molecule has 0 saturated heterocycles. The van der Waals surface area contributed by atoms with Crippen LogP contribution < -0.4 is 9.05 Å². The van der Waals surface area contributed by atoms with Gasteiger partial charge in [-0.25, -0.2) is 4.57 Å². The lowest BCUT2D eigenvalue weighted by Gasteiger charge is -2.14. The first-order valence-electron chi connectivity index (χ1n) is 7.47. The zero-order valence-corrected chi connectivity index (χ0v) is 14.0. The van der Waals surface area contributed by atoms with Crippen LogP contribution in [0.25, 0.3) is 11.1 Å². The minimum Gasteiger partial charge on any atom is -0.395 e. The van der Waals surface area contributed by atoms with E-state index < -0.39 is 7.82 Å². The summed E-state index contributed by atoms with van der Waals surface area (Å²) in [5.41, 5.74) is 3.28. The van der Waals surface area contributed by atoms with Gasteiger partial charge in [0.25, 0.3) is 0 Å². The summed E-state index contributed by atoms with van der Waals surface area (Å²) >= 11 is 0. The van der Waals surface area contributed by atoms with E-state index >= 15 is 0 Å². The number of aryl methyl sites for hydroxylation is 1. The quantitative estimate of drug-likeness (QED) is 0.647. The molecule has 1 unspecified atom stereocenters. The van der Waals surface area contributed by atoms with Crippen LogP contribution in [0.4, 0.5) is 0 Å². The Bertz CT molecular complexity index is 860. The second-order valence-electron chi connectivity index (χ2n) is 5.30. The van der Waals surface area contributed by atoms with Crippen molar-refractivity contribution in [3.05, 3.63) is 84.4 Å². The van der Waals surface area contributed by atoms with Crippen molar-refractivity contribution in [2.45, 2.75) is 6.92 Å². The number of hydrogen-bond acceptors (Lipinski definition) is 3. The number of phosphoric acid groups is 1. The molecule has 3 rings (SSSR count). The van der Waals surface area contributed by atoms with Gasteiger partial charge in [0.05, 0.1) is 0 Å². The van der Waals surface area contributed by atoms with Crippen LogP contribution in [0.2, 0.25) is 0 Å². The second-order valence-corrected chi connectivity index (χ2v) is 6.61. The zero-order chi connectivity index (χ0) is 17.0. The molecule has 0 aliphatic rings. The van der Waals surface area contributed by atoms with Crippen LogP contribution in [0, 0.1) is 6.92 Å². The standard InChI is InChI=1S/C19H17O4P/c1-15-7-5-6-10-19(15)16-11-13-18(14-12-16)23-24(20,21)22-17-8-3-2-4-9-17/h2-14H,1H3,(H,20,21). The van der Waals surface area contributed by atoms with Crippen LogP contribution in [0.5, 0.6) is 11.5 Å². The number of hydrogen-bond donors (Lipinski definition) is 1. The average Bonchev–Trinajstić information content (AvgIpc) is 2.56. The Kier molecular flexibility index (Phi) is 4.70. The van der Waals surface area contributed by atoms with E-state index in [-0.39, 0.29) is 11.5 Å². The minimum absolute atomic E-state index is 0.272. The van der Waals surface area contributed by atoms with E-state index in [0.717, 1.165) is 16.7 Å². The van der Waals surface area contributed by atoms with Crippen molar-refractivity contribution in [2.24, 2.45) is 0 Å². The van der Waals surface area contributed by atoms with Crippen molar-refractivity contribution in [1.29, 1.82) is 0 Å². The fraction of sp³-hybridized carbons (Fsp3) is 0.0526. The predicted molar refractivity (Wildman–Crippen MR) is 94.1 cm³/mol. The fourth-order valence-electron chi connectivity index (χ4n) is 2.36. The highest BCUT2D eigenvalue weighted by Gasteiger charge is 2.24. The molecule has 0 bridgehead atoms. The Morgan fingerprint density at radius 3 is 1.92 bits per heavy atom. The van der Waals surface area contributed by atoms with Gasteiger partial charge in [0.1, 0.15) is 11.5 Å². The highest BCUT2D eigenvalue weighted by molar-refractivity contribution is 7.48. The van der Waals surface area contributed by atoms with E-state index in [2.05, 4.69) is 0 Å². The van der Waals surface area contributed by atoms with Crippen LogP contribution in [0.15, 0.2) is 78.9 Å². The van der Waals surface area contributed by atoms with Crippen molar-refractivity contribution in [3.8, 4) is 22.6 Å². The van der Waals surface area contributed by atoms with E-state index in [9.17, 15) is 9.46 Å². The first kappa shape index (κ1) is 16.3. The average molecular weight is 340 g/mol. The molecule has 5 heteroatoms. The molecule has 0 amide bonds. The Labute approximate surface area is 140 Å². The minimum atomic E-state index is -4.23. The molecule has 0 aliphatic carbocycles. The first-order chi connectivity index (χ1) is 11.5. The van der Waals surface area contributed by atoms with Crippen LogP contribution in [0.1, 0.15) is 5.56 Å². The van der Waals surface area contributed by atoms with Crippen LogP contribution >= 0.6 is 7.82 Å². The number of para-hydroxylation sites is 1. The lowest BCUT2D eigenvalue weighted by Crippen LogP contribution is -1.99. The molecule has 0 heterocycles. The topological polar surface area (TPSA) is 55.8 Å².